The molecule has 1 aromatic rings. The second-order valence-electron chi connectivity index (χ2n) is 5.26. The molecular formula is C13H20BrClN2OS. The molecule has 3 nitrogen and oxygen atoms in total. The fourth-order valence-corrected chi connectivity index (χ4v) is 3.67. The van der Waals surface area contributed by atoms with Gasteiger partial charge in [-0.15, -0.1) is 23.7 Å². The minimum absolute atomic E-state index is 0. The van der Waals surface area contributed by atoms with Gasteiger partial charge in [0.15, 0.2) is 0 Å². The molecule has 1 unspecified atom stereocenters. The Morgan fingerprint density at radius 1 is 1.63 bits per heavy atom. The molecule has 0 spiro atoms. The molecule has 1 saturated heterocycles. The fourth-order valence-electron chi connectivity index (χ4n) is 2.47. The predicted molar refractivity (Wildman–Crippen MR) is 86.0 cm³/mol. The zero-order valence-electron chi connectivity index (χ0n) is 11.2. The van der Waals surface area contributed by atoms with Crippen molar-refractivity contribution >= 4 is 45.6 Å². The van der Waals surface area contributed by atoms with Gasteiger partial charge in [0.25, 0.3) is 0 Å². The van der Waals surface area contributed by atoms with Gasteiger partial charge in [-0.05, 0) is 59.2 Å². The summed E-state index contributed by atoms with van der Waals surface area (Å²) in [6.45, 7) is 4.59. The smallest absolute Gasteiger partial charge is 0.229 e. The maximum absolute atomic E-state index is 12.5. The van der Waals surface area contributed by atoms with Crippen molar-refractivity contribution in [2.24, 2.45) is 5.41 Å². The van der Waals surface area contributed by atoms with Crippen LogP contribution >= 0.6 is 39.7 Å². The van der Waals surface area contributed by atoms with Crippen LogP contribution in [0.1, 0.15) is 25.3 Å². The SMILES string of the molecule is CN(Cc1csc(Br)c1)C(=O)C1(C)CCCNC1.Cl. The number of carbonyl (C=O) groups is 1. The van der Waals surface area contributed by atoms with Crippen LogP contribution in [0.5, 0.6) is 0 Å². The maximum atomic E-state index is 12.5. The van der Waals surface area contributed by atoms with Gasteiger partial charge >= 0.3 is 0 Å². The summed E-state index contributed by atoms with van der Waals surface area (Å²) in [7, 11) is 1.90. The zero-order valence-corrected chi connectivity index (χ0v) is 14.5. The standard InChI is InChI=1S/C13H19BrN2OS.ClH/c1-13(4-3-5-15-9-13)12(17)16(2)7-10-6-11(14)18-8-10;/h6,8,15H,3-5,7,9H2,1-2H3;1H. The molecule has 1 atom stereocenters. The van der Waals surface area contributed by atoms with Crippen molar-refractivity contribution in [1.82, 2.24) is 10.2 Å². The molecule has 108 valence electrons. The van der Waals surface area contributed by atoms with Crippen LogP contribution in [-0.4, -0.2) is 30.9 Å². The highest BCUT2D eigenvalue weighted by atomic mass is 79.9. The first-order valence-corrected chi connectivity index (χ1v) is 7.88. The van der Waals surface area contributed by atoms with Crippen LogP contribution in [0.3, 0.4) is 0 Å². The molecule has 1 amide bonds. The van der Waals surface area contributed by atoms with Crippen LogP contribution in [-0.2, 0) is 11.3 Å². The predicted octanol–water partition coefficient (Wildman–Crippen LogP) is 3.28. The minimum Gasteiger partial charge on any atom is -0.341 e. The summed E-state index contributed by atoms with van der Waals surface area (Å²) in [5.74, 6) is 0.247. The second-order valence-corrected chi connectivity index (χ2v) is 7.55. The summed E-state index contributed by atoms with van der Waals surface area (Å²) in [4.78, 5) is 14.4. The Balaban J connectivity index is 0.00000180. The van der Waals surface area contributed by atoms with Gasteiger partial charge in [0.1, 0.15) is 0 Å². The van der Waals surface area contributed by atoms with Crippen molar-refractivity contribution in [2.45, 2.75) is 26.3 Å². The van der Waals surface area contributed by atoms with Gasteiger partial charge in [-0.2, -0.15) is 0 Å². The van der Waals surface area contributed by atoms with E-state index in [0.717, 1.165) is 29.7 Å². The van der Waals surface area contributed by atoms with E-state index >= 15 is 0 Å². The summed E-state index contributed by atoms with van der Waals surface area (Å²) in [6, 6.07) is 2.08. The molecule has 1 N–H and O–H groups in total. The van der Waals surface area contributed by atoms with Gasteiger partial charge in [-0.25, -0.2) is 0 Å². The van der Waals surface area contributed by atoms with Gasteiger partial charge in [0, 0.05) is 20.1 Å². The Hall–Kier alpha value is -0.100. The van der Waals surface area contributed by atoms with Crippen LogP contribution in [0.4, 0.5) is 0 Å². The topological polar surface area (TPSA) is 32.3 Å². The van der Waals surface area contributed by atoms with Crippen molar-refractivity contribution < 1.29 is 4.79 Å². The van der Waals surface area contributed by atoms with Crippen molar-refractivity contribution in [2.75, 3.05) is 20.1 Å². The molecule has 6 heteroatoms. The molecule has 2 rings (SSSR count). The average Bonchev–Trinajstić information content (AvgIpc) is 2.74. The van der Waals surface area contributed by atoms with E-state index in [1.54, 1.807) is 11.3 Å². The van der Waals surface area contributed by atoms with Gasteiger partial charge in [0.2, 0.25) is 5.91 Å². The molecule has 0 aliphatic carbocycles. The van der Waals surface area contributed by atoms with E-state index in [-0.39, 0.29) is 23.7 Å². The van der Waals surface area contributed by atoms with Crippen molar-refractivity contribution in [3.63, 3.8) is 0 Å². The third-order valence-corrected chi connectivity index (χ3v) is 5.06. The van der Waals surface area contributed by atoms with Crippen LogP contribution in [0, 0.1) is 5.41 Å². The van der Waals surface area contributed by atoms with Crippen LogP contribution in [0.25, 0.3) is 0 Å². The Kier molecular flexibility index (Phi) is 6.30. The number of piperidine rings is 1. The summed E-state index contributed by atoms with van der Waals surface area (Å²) < 4.78 is 1.11. The lowest BCUT2D eigenvalue weighted by molar-refractivity contribution is -0.141. The first-order valence-electron chi connectivity index (χ1n) is 6.20. The fraction of sp³-hybridized carbons (Fsp3) is 0.615. The summed E-state index contributed by atoms with van der Waals surface area (Å²) in [5, 5.41) is 5.42. The number of rotatable bonds is 3. The van der Waals surface area contributed by atoms with E-state index in [1.807, 2.05) is 11.9 Å². The average molecular weight is 368 g/mol. The zero-order chi connectivity index (χ0) is 13.2. The Morgan fingerprint density at radius 3 is 2.89 bits per heavy atom. The van der Waals surface area contributed by atoms with Crippen molar-refractivity contribution in [3.8, 4) is 0 Å². The van der Waals surface area contributed by atoms with Crippen LogP contribution in [0.2, 0.25) is 0 Å². The lowest BCUT2D eigenvalue weighted by Gasteiger charge is -2.36. The summed E-state index contributed by atoms with van der Waals surface area (Å²) >= 11 is 5.11. The number of thiophene rings is 1. The number of nitrogens with one attached hydrogen (secondary N) is 1. The highest BCUT2D eigenvalue weighted by Crippen LogP contribution is 2.29. The quantitative estimate of drug-likeness (QED) is 0.889. The molecule has 0 radical (unpaired) electrons. The molecule has 1 aliphatic heterocycles. The number of hydrogen-bond acceptors (Lipinski definition) is 3. The van der Waals surface area contributed by atoms with Crippen LogP contribution < -0.4 is 5.32 Å². The highest BCUT2D eigenvalue weighted by Gasteiger charge is 2.36. The minimum atomic E-state index is -0.236. The number of amides is 1. The van der Waals surface area contributed by atoms with Crippen molar-refractivity contribution in [3.05, 3.63) is 20.8 Å². The molecule has 0 aromatic carbocycles. The molecule has 1 fully saturated rings. The van der Waals surface area contributed by atoms with E-state index in [1.165, 1.54) is 5.56 Å². The second kappa shape index (κ2) is 7.07. The summed E-state index contributed by atoms with van der Waals surface area (Å²) in [5.41, 5.74) is 0.954. The number of carbonyl (C=O) groups excluding carboxylic acids is 1. The molecule has 2 heterocycles. The first kappa shape index (κ1) is 17.0. The van der Waals surface area contributed by atoms with E-state index < -0.39 is 0 Å². The molecule has 19 heavy (non-hydrogen) atoms. The third-order valence-electron chi connectivity index (χ3n) is 3.50. The van der Waals surface area contributed by atoms with Gasteiger partial charge in [-0.1, -0.05) is 0 Å². The first-order chi connectivity index (χ1) is 8.51. The van der Waals surface area contributed by atoms with Gasteiger partial charge < -0.3 is 10.2 Å². The summed E-state index contributed by atoms with van der Waals surface area (Å²) in [6.07, 6.45) is 2.07. The molecular weight excluding hydrogens is 348 g/mol. The number of halogens is 2. The molecule has 0 saturated carbocycles. The van der Waals surface area contributed by atoms with Gasteiger partial charge in [0.05, 0.1) is 9.20 Å². The van der Waals surface area contributed by atoms with E-state index in [4.69, 9.17) is 0 Å². The third kappa shape index (κ3) is 4.18. The monoisotopic (exact) mass is 366 g/mol. The highest BCUT2D eigenvalue weighted by molar-refractivity contribution is 9.11. The Bertz CT molecular complexity index is 432. The van der Waals surface area contributed by atoms with E-state index in [2.05, 4.69) is 39.6 Å². The van der Waals surface area contributed by atoms with E-state index in [9.17, 15) is 4.79 Å². The Labute approximate surface area is 133 Å². The van der Waals surface area contributed by atoms with Crippen molar-refractivity contribution in [1.29, 1.82) is 0 Å². The molecule has 0 bridgehead atoms. The lowest BCUT2D eigenvalue weighted by atomic mass is 9.81. The number of nitrogens with zero attached hydrogens (tertiary/aromatic N) is 1. The Morgan fingerprint density at radius 2 is 2.37 bits per heavy atom. The van der Waals surface area contributed by atoms with Crippen LogP contribution in [0.15, 0.2) is 15.2 Å². The lowest BCUT2D eigenvalue weighted by Crippen LogP contribution is -2.48. The molecule has 1 aromatic heterocycles. The maximum Gasteiger partial charge on any atom is 0.229 e. The largest absolute Gasteiger partial charge is 0.341 e. The van der Waals surface area contributed by atoms with Gasteiger partial charge in [-0.3, -0.25) is 4.79 Å². The molecule has 1 aliphatic rings. The van der Waals surface area contributed by atoms with E-state index in [0.29, 0.717) is 6.54 Å². The number of hydrogen-bond donors (Lipinski definition) is 1. The normalized spacial score (nSPS) is 22.7.